The Hall–Kier alpha value is -2.41. The molecule has 0 spiro atoms. The second kappa shape index (κ2) is 10.1. The van der Waals surface area contributed by atoms with Crippen molar-refractivity contribution in [1.82, 2.24) is 4.90 Å². The minimum Gasteiger partial charge on any atom is -0.444 e. The van der Waals surface area contributed by atoms with Gasteiger partial charge in [0.25, 0.3) is 8.32 Å². The first-order valence-electron chi connectivity index (χ1n) is 12.0. The summed E-state index contributed by atoms with van der Waals surface area (Å²) in [5.74, 6) is -0.315. The number of benzene rings is 2. The number of hydrogen-bond acceptors (Lipinski definition) is 4. The Kier molecular flexibility index (Phi) is 7.75. The molecule has 2 aromatic carbocycles. The van der Waals surface area contributed by atoms with Crippen LogP contribution in [0.15, 0.2) is 73.3 Å². The lowest BCUT2D eigenvalue weighted by Crippen LogP contribution is -2.70. The third-order valence-corrected chi connectivity index (χ3v) is 11.4. The predicted octanol–water partition coefficient (Wildman–Crippen LogP) is 4.35. The number of likely N-dealkylation sites (tertiary alicyclic amines) is 1. The van der Waals surface area contributed by atoms with E-state index in [2.05, 4.69) is 51.6 Å². The minimum absolute atomic E-state index is 0.243. The van der Waals surface area contributed by atoms with Gasteiger partial charge in [0.2, 0.25) is 0 Å². The van der Waals surface area contributed by atoms with E-state index in [4.69, 9.17) is 9.16 Å². The SMILES string of the molecule is C=C[C@H]1CN(C(=O)OC(C)(C)C)C[C@@H](O[Si](c2ccccc2)(c2ccccc2)C(C)(C)C)[C@@H]1O. The summed E-state index contributed by atoms with van der Waals surface area (Å²) in [5, 5.41) is 13.3. The van der Waals surface area contributed by atoms with Crippen molar-refractivity contribution in [3.63, 3.8) is 0 Å². The zero-order valence-corrected chi connectivity index (χ0v) is 22.3. The van der Waals surface area contributed by atoms with Gasteiger partial charge in [-0.1, -0.05) is 87.5 Å². The van der Waals surface area contributed by atoms with Gasteiger partial charge < -0.3 is 19.2 Å². The molecule has 6 heteroatoms. The van der Waals surface area contributed by atoms with Gasteiger partial charge in [-0.2, -0.15) is 0 Å². The van der Waals surface area contributed by atoms with Gasteiger partial charge in [0.1, 0.15) is 5.60 Å². The predicted molar refractivity (Wildman–Crippen MR) is 140 cm³/mol. The quantitative estimate of drug-likeness (QED) is 0.510. The lowest BCUT2D eigenvalue weighted by molar-refractivity contribution is -0.0585. The van der Waals surface area contributed by atoms with Gasteiger partial charge in [-0.25, -0.2) is 4.79 Å². The molecule has 0 aliphatic carbocycles. The average Bonchev–Trinajstić information content (AvgIpc) is 2.77. The zero-order valence-electron chi connectivity index (χ0n) is 21.3. The van der Waals surface area contributed by atoms with Crippen LogP contribution in [-0.2, 0) is 9.16 Å². The Balaban J connectivity index is 2.08. The van der Waals surface area contributed by atoms with Crippen molar-refractivity contribution in [2.45, 2.75) is 64.4 Å². The maximum atomic E-state index is 13.0. The Morgan fingerprint density at radius 1 is 0.971 bits per heavy atom. The molecule has 0 bridgehead atoms. The van der Waals surface area contributed by atoms with Crippen LogP contribution in [0.3, 0.4) is 0 Å². The fraction of sp³-hybridized carbons (Fsp3) is 0.464. The molecule has 0 unspecified atom stereocenters. The van der Waals surface area contributed by atoms with Gasteiger partial charge in [-0.3, -0.25) is 0 Å². The molecular formula is C28H39NO4Si. The van der Waals surface area contributed by atoms with Gasteiger partial charge in [-0.15, -0.1) is 6.58 Å². The smallest absolute Gasteiger partial charge is 0.410 e. The van der Waals surface area contributed by atoms with E-state index in [9.17, 15) is 9.90 Å². The van der Waals surface area contributed by atoms with E-state index < -0.39 is 32.2 Å². The number of ether oxygens (including phenoxy) is 1. The second-order valence-corrected chi connectivity index (χ2v) is 15.3. The summed E-state index contributed by atoms with van der Waals surface area (Å²) in [7, 11) is -2.91. The largest absolute Gasteiger partial charge is 0.444 e. The fourth-order valence-corrected chi connectivity index (χ4v) is 9.44. The number of carbonyl (C=O) groups is 1. The Labute approximate surface area is 205 Å². The minimum atomic E-state index is -2.91. The maximum absolute atomic E-state index is 13.0. The highest BCUT2D eigenvalue weighted by Gasteiger charge is 2.53. The summed E-state index contributed by atoms with van der Waals surface area (Å²) in [6.45, 7) is 16.7. The van der Waals surface area contributed by atoms with Crippen molar-refractivity contribution >= 4 is 24.8 Å². The monoisotopic (exact) mass is 481 g/mol. The Morgan fingerprint density at radius 3 is 1.88 bits per heavy atom. The number of carbonyl (C=O) groups excluding carboxylic acids is 1. The topological polar surface area (TPSA) is 59.0 Å². The summed E-state index contributed by atoms with van der Waals surface area (Å²) in [6.07, 6.45) is -0.0566. The van der Waals surface area contributed by atoms with Gasteiger partial charge >= 0.3 is 6.09 Å². The molecule has 2 aromatic rings. The molecule has 3 rings (SSSR count). The number of amides is 1. The third-order valence-electron chi connectivity index (χ3n) is 6.35. The molecule has 1 heterocycles. The standard InChI is InChI=1S/C28H39NO4Si/c1-8-21-19-29(26(31)32-27(2,3)4)20-24(25(21)30)33-34(28(5,6)7,22-15-11-9-12-16-22)23-17-13-10-14-18-23/h8-18,21,24-25,30H,1,19-20H2,2-7H3/t21-,24+,25+/m0/s1. The van der Waals surface area contributed by atoms with E-state index >= 15 is 0 Å². The first-order chi connectivity index (χ1) is 15.9. The number of hydrogen-bond donors (Lipinski definition) is 1. The van der Waals surface area contributed by atoms with Crippen LogP contribution >= 0.6 is 0 Å². The zero-order chi connectivity index (χ0) is 25.1. The highest BCUT2D eigenvalue weighted by atomic mass is 28.4. The van der Waals surface area contributed by atoms with Crippen molar-refractivity contribution in [3.05, 3.63) is 73.3 Å². The first-order valence-corrected chi connectivity index (χ1v) is 13.9. The fourth-order valence-electron chi connectivity index (χ4n) is 4.75. The van der Waals surface area contributed by atoms with Crippen LogP contribution in [0, 0.1) is 5.92 Å². The lowest BCUT2D eigenvalue weighted by atomic mass is 9.93. The van der Waals surface area contributed by atoms with E-state index in [1.54, 1.807) is 11.0 Å². The van der Waals surface area contributed by atoms with Crippen LogP contribution in [0.25, 0.3) is 0 Å². The molecule has 1 fully saturated rings. The normalized spacial score (nSPS) is 21.7. The first kappa shape index (κ1) is 26.2. The van der Waals surface area contributed by atoms with Crippen LogP contribution in [0.1, 0.15) is 41.5 Å². The summed E-state index contributed by atoms with van der Waals surface area (Å²) in [6, 6.07) is 20.6. The van der Waals surface area contributed by atoms with E-state index in [0.717, 1.165) is 10.4 Å². The second-order valence-electron chi connectivity index (χ2n) is 11.1. The summed E-state index contributed by atoms with van der Waals surface area (Å²) >= 11 is 0. The molecule has 1 aliphatic heterocycles. The molecule has 1 amide bonds. The summed E-state index contributed by atoms with van der Waals surface area (Å²) in [4.78, 5) is 14.6. The van der Waals surface area contributed by atoms with Crippen LogP contribution in [0.4, 0.5) is 4.79 Å². The van der Waals surface area contributed by atoms with Crippen molar-refractivity contribution < 1.29 is 19.1 Å². The highest BCUT2D eigenvalue weighted by molar-refractivity contribution is 6.99. The maximum Gasteiger partial charge on any atom is 0.410 e. The van der Waals surface area contributed by atoms with Crippen molar-refractivity contribution in [1.29, 1.82) is 0 Å². The van der Waals surface area contributed by atoms with E-state index in [1.165, 1.54) is 0 Å². The molecule has 5 nitrogen and oxygen atoms in total. The number of aliphatic hydroxyl groups is 1. The Bertz CT molecular complexity index is 926. The van der Waals surface area contributed by atoms with Crippen LogP contribution in [0.2, 0.25) is 5.04 Å². The summed E-state index contributed by atoms with van der Waals surface area (Å²) < 4.78 is 12.8. The van der Waals surface area contributed by atoms with Crippen molar-refractivity contribution in [2.75, 3.05) is 13.1 Å². The molecule has 1 aliphatic rings. The van der Waals surface area contributed by atoms with Gasteiger partial charge in [0.05, 0.1) is 18.8 Å². The molecular weight excluding hydrogens is 442 g/mol. The van der Waals surface area contributed by atoms with Crippen molar-refractivity contribution in [2.24, 2.45) is 5.92 Å². The molecule has 1 N–H and O–H groups in total. The van der Waals surface area contributed by atoms with Gasteiger partial charge in [-0.05, 0) is 36.2 Å². The van der Waals surface area contributed by atoms with E-state index in [-0.39, 0.29) is 17.5 Å². The van der Waals surface area contributed by atoms with Gasteiger partial charge in [0.15, 0.2) is 0 Å². The van der Waals surface area contributed by atoms with Crippen LogP contribution in [-0.4, -0.2) is 55.3 Å². The van der Waals surface area contributed by atoms with Crippen LogP contribution in [0.5, 0.6) is 0 Å². The number of piperidine rings is 1. The number of nitrogens with zero attached hydrogens (tertiary/aromatic N) is 1. The average molecular weight is 482 g/mol. The van der Waals surface area contributed by atoms with Crippen LogP contribution < -0.4 is 10.4 Å². The number of rotatable bonds is 5. The molecule has 3 atom stereocenters. The summed E-state index contributed by atoms with van der Waals surface area (Å²) in [5.41, 5.74) is -0.606. The molecule has 34 heavy (non-hydrogen) atoms. The highest BCUT2D eigenvalue weighted by Crippen LogP contribution is 2.39. The van der Waals surface area contributed by atoms with E-state index in [0.29, 0.717) is 6.54 Å². The third kappa shape index (κ3) is 5.45. The van der Waals surface area contributed by atoms with E-state index in [1.807, 2.05) is 57.2 Å². The molecule has 0 saturated carbocycles. The van der Waals surface area contributed by atoms with Gasteiger partial charge in [0, 0.05) is 12.5 Å². The molecule has 1 saturated heterocycles. The lowest BCUT2D eigenvalue weighted by Gasteiger charge is -2.49. The molecule has 0 radical (unpaired) electrons. The number of aliphatic hydroxyl groups excluding tert-OH is 1. The Morgan fingerprint density at radius 2 is 1.47 bits per heavy atom. The molecule has 0 aromatic heterocycles. The molecule has 184 valence electrons. The van der Waals surface area contributed by atoms with Crippen molar-refractivity contribution in [3.8, 4) is 0 Å².